The van der Waals surface area contributed by atoms with Crippen LogP contribution in [0.3, 0.4) is 0 Å². The highest BCUT2D eigenvalue weighted by atomic mass is 32.2. The molecular weight excluding hydrogens is 430 g/mol. The molecule has 3 aromatic rings. The normalized spacial score (nSPS) is 12.3. The van der Waals surface area contributed by atoms with Gasteiger partial charge >= 0.3 is 0 Å². The molecule has 0 saturated heterocycles. The van der Waals surface area contributed by atoms with Crippen LogP contribution in [0, 0.1) is 13.8 Å². The summed E-state index contributed by atoms with van der Waals surface area (Å²) in [7, 11) is -8.24. The molecule has 0 spiro atoms. The summed E-state index contributed by atoms with van der Waals surface area (Å²) in [6.45, 7) is 5.25. The molecule has 0 atom stereocenters. The third kappa shape index (κ3) is 4.19. The van der Waals surface area contributed by atoms with Crippen molar-refractivity contribution in [3.63, 3.8) is 0 Å². The van der Waals surface area contributed by atoms with Crippen molar-refractivity contribution in [3.8, 4) is 0 Å². The van der Waals surface area contributed by atoms with E-state index in [1.54, 1.807) is 26.8 Å². The topological polar surface area (TPSA) is 140 Å². The number of benzene rings is 1. The minimum Gasteiger partial charge on any atom is -0.294 e. The Morgan fingerprint density at radius 3 is 2.47 bits per heavy atom. The molecule has 160 valence electrons. The smallest absolute Gasteiger partial charge is 0.294 e. The Morgan fingerprint density at radius 2 is 1.83 bits per heavy atom. The molecule has 1 aromatic carbocycles. The van der Waals surface area contributed by atoms with E-state index in [2.05, 4.69) is 19.8 Å². The maximum atomic E-state index is 13.0. The lowest BCUT2D eigenvalue weighted by Crippen LogP contribution is -2.19. The summed E-state index contributed by atoms with van der Waals surface area (Å²) in [5, 5.41) is 3.40. The minimum absolute atomic E-state index is 0.0303. The van der Waals surface area contributed by atoms with Crippen LogP contribution in [0.2, 0.25) is 0 Å². The number of sulfonamides is 1. The van der Waals surface area contributed by atoms with Crippen molar-refractivity contribution < 1.29 is 21.6 Å². The van der Waals surface area contributed by atoms with Gasteiger partial charge in [-0.2, -0.15) is 13.4 Å². The Morgan fingerprint density at radius 1 is 1.13 bits per heavy atom. The number of hydrogen-bond acceptors (Lipinski definition) is 8. The van der Waals surface area contributed by atoms with Crippen LogP contribution in [-0.2, 0) is 19.9 Å². The molecule has 30 heavy (non-hydrogen) atoms. The van der Waals surface area contributed by atoms with Gasteiger partial charge in [0.25, 0.3) is 21.0 Å². The van der Waals surface area contributed by atoms with Crippen molar-refractivity contribution in [2.75, 3.05) is 11.0 Å². The van der Waals surface area contributed by atoms with Crippen molar-refractivity contribution in [1.29, 1.82) is 0 Å². The fourth-order valence-corrected chi connectivity index (χ4v) is 4.87. The van der Waals surface area contributed by atoms with Crippen LogP contribution in [0.4, 0.5) is 5.69 Å². The van der Waals surface area contributed by atoms with Crippen LogP contribution >= 0.6 is 0 Å². The van der Waals surface area contributed by atoms with Crippen LogP contribution in [-0.4, -0.2) is 48.5 Å². The highest BCUT2D eigenvalue weighted by Crippen LogP contribution is 2.29. The average Bonchev–Trinajstić information content (AvgIpc) is 3.06. The standard InChI is InChI=1S/C18H21N5O5S2/c1-5-7-14(24)13-8-6-9-15(29(4,25)26)16(13)22-30(27,28)18-20-17-19-11(2)10-12(3)23(17)21-18/h6,8-10,22H,5,7H2,1-4H3. The third-order valence-corrected chi connectivity index (χ3v) is 6.54. The van der Waals surface area contributed by atoms with Crippen LogP contribution in [0.5, 0.6) is 0 Å². The first-order chi connectivity index (χ1) is 13.9. The maximum Gasteiger partial charge on any atom is 0.299 e. The number of ketones is 1. The number of aryl methyl sites for hydroxylation is 2. The molecule has 0 bridgehead atoms. The second kappa shape index (κ2) is 7.76. The first kappa shape index (κ1) is 21.8. The molecule has 3 rings (SSSR count). The van der Waals surface area contributed by atoms with Crippen LogP contribution < -0.4 is 4.72 Å². The first-order valence-electron chi connectivity index (χ1n) is 9.04. The van der Waals surface area contributed by atoms with E-state index in [1.165, 1.54) is 22.7 Å². The van der Waals surface area contributed by atoms with Gasteiger partial charge in [-0.25, -0.2) is 17.9 Å². The van der Waals surface area contributed by atoms with Gasteiger partial charge in [-0.1, -0.05) is 13.0 Å². The molecule has 0 radical (unpaired) electrons. The van der Waals surface area contributed by atoms with Gasteiger partial charge in [0, 0.05) is 29.6 Å². The van der Waals surface area contributed by atoms with Crippen LogP contribution in [0.15, 0.2) is 34.3 Å². The molecule has 0 fully saturated rings. The van der Waals surface area contributed by atoms with E-state index in [9.17, 15) is 21.6 Å². The molecule has 12 heteroatoms. The third-order valence-electron chi connectivity index (χ3n) is 4.28. The molecule has 0 aliphatic rings. The molecular formula is C18H21N5O5S2. The lowest BCUT2D eigenvalue weighted by atomic mass is 10.1. The summed E-state index contributed by atoms with van der Waals surface area (Å²) in [6, 6.07) is 5.74. The van der Waals surface area contributed by atoms with E-state index in [4.69, 9.17) is 0 Å². The minimum atomic E-state index is -4.41. The summed E-state index contributed by atoms with van der Waals surface area (Å²) in [4.78, 5) is 20.3. The number of nitrogens with zero attached hydrogens (tertiary/aromatic N) is 4. The predicted molar refractivity (Wildman–Crippen MR) is 110 cm³/mol. The van der Waals surface area contributed by atoms with Crippen molar-refractivity contribution in [1.82, 2.24) is 19.6 Å². The fraction of sp³-hybridized carbons (Fsp3) is 0.333. The number of aromatic nitrogens is 4. The fourth-order valence-electron chi connectivity index (χ4n) is 2.98. The molecule has 2 aromatic heterocycles. The first-order valence-corrected chi connectivity index (χ1v) is 12.4. The maximum absolute atomic E-state index is 13.0. The Kier molecular flexibility index (Phi) is 5.65. The Labute approximate surface area is 174 Å². The van der Waals surface area contributed by atoms with Crippen LogP contribution in [0.25, 0.3) is 5.78 Å². The highest BCUT2D eigenvalue weighted by molar-refractivity contribution is 7.93. The quantitative estimate of drug-likeness (QED) is 0.537. The number of hydrogen-bond donors (Lipinski definition) is 1. The molecule has 2 heterocycles. The molecule has 0 aliphatic heterocycles. The van der Waals surface area contributed by atoms with Crippen LogP contribution in [0.1, 0.15) is 41.5 Å². The zero-order valence-electron chi connectivity index (χ0n) is 16.9. The number of rotatable bonds is 7. The van der Waals surface area contributed by atoms with Crippen molar-refractivity contribution in [2.45, 2.75) is 43.7 Å². The summed E-state index contributed by atoms with van der Waals surface area (Å²) in [5.74, 6) is -0.289. The Hall–Kier alpha value is -2.86. The zero-order chi connectivity index (χ0) is 22.3. The lowest BCUT2D eigenvalue weighted by Gasteiger charge is -2.14. The number of anilines is 1. The van der Waals surface area contributed by atoms with E-state index in [1.807, 2.05) is 0 Å². The number of Topliss-reactive ketones (excluding diaryl/α,β-unsaturated/α-hetero) is 1. The second-order valence-electron chi connectivity index (χ2n) is 6.87. The summed E-state index contributed by atoms with van der Waals surface area (Å²) < 4.78 is 54.0. The van der Waals surface area contributed by atoms with Gasteiger partial charge in [-0.3, -0.25) is 9.52 Å². The van der Waals surface area contributed by atoms with E-state index >= 15 is 0 Å². The monoisotopic (exact) mass is 451 g/mol. The number of carbonyl (C=O) groups is 1. The predicted octanol–water partition coefficient (Wildman–Crippen LogP) is 1.93. The largest absolute Gasteiger partial charge is 0.299 e. The van der Waals surface area contributed by atoms with Gasteiger partial charge in [-0.15, -0.1) is 5.10 Å². The van der Waals surface area contributed by atoms with Crippen molar-refractivity contribution in [3.05, 3.63) is 41.2 Å². The molecule has 10 nitrogen and oxygen atoms in total. The zero-order valence-corrected chi connectivity index (χ0v) is 18.5. The summed E-state index contributed by atoms with van der Waals surface area (Å²) in [6.07, 6.45) is 1.59. The van der Waals surface area contributed by atoms with Gasteiger partial charge in [0.1, 0.15) is 0 Å². The average molecular weight is 452 g/mol. The van der Waals surface area contributed by atoms with E-state index in [-0.39, 0.29) is 34.1 Å². The second-order valence-corrected chi connectivity index (χ2v) is 10.4. The van der Waals surface area contributed by atoms with E-state index in [0.717, 1.165) is 6.26 Å². The van der Waals surface area contributed by atoms with Crippen molar-refractivity contribution in [2.24, 2.45) is 0 Å². The highest BCUT2D eigenvalue weighted by Gasteiger charge is 2.28. The summed E-state index contributed by atoms with van der Waals surface area (Å²) >= 11 is 0. The molecule has 0 aliphatic carbocycles. The van der Waals surface area contributed by atoms with Gasteiger partial charge < -0.3 is 0 Å². The number of nitrogens with one attached hydrogen (secondary N) is 1. The van der Waals surface area contributed by atoms with Gasteiger partial charge in [0.15, 0.2) is 15.6 Å². The molecule has 0 amide bonds. The Bertz CT molecular complexity index is 1360. The van der Waals surface area contributed by atoms with E-state index < -0.39 is 25.0 Å². The molecule has 0 saturated carbocycles. The molecule has 1 N–H and O–H groups in total. The van der Waals surface area contributed by atoms with Gasteiger partial charge in [0.05, 0.1) is 10.6 Å². The Balaban J connectivity index is 2.17. The summed E-state index contributed by atoms with van der Waals surface area (Å²) in [5.41, 5.74) is 0.927. The number of sulfone groups is 1. The van der Waals surface area contributed by atoms with Crippen molar-refractivity contribution >= 4 is 37.1 Å². The van der Waals surface area contributed by atoms with Gasteiger partial charge in [0.2, 0.25) is 0 Å². The molecule has 0 unspecified atom stereocenters. The van der Waals surface area contributed by atoms with Gasteiger partial charge in [-0.05, 0) is 38.5 Å². The lowest BCUT2D eigenvalue weighted by molar-refractivity contribution is 0.0982. The SMILES string of the molecule is CCCC(=O)c1cccc(S(C)(=O)=O)c1NS(=O)(=O)c1nc2nc(C)cc(C)n2n1. The number of fused-ring (bicyclic) bond motifs is 1. The number of para-hydroxylation sites is 1. The number of carbonyl (C=O) groups excluding carboxylic acids is 1. The van der Waals surface area contributed by atoms with E-state index in [0.29, 0.717) is 17.8 Å².